The highest BCUT2D eigenvalue weighted by Crippen LogP contribution is 2.14. The van der Waals surface area contributed by atoms with Crippen LogP contribution in [0.25, 0.3) is 0 Å². The second-order valence-corrected chi connectivity index (χ2v) is 9.69. The summed E-state index contributed by atoms with van der Waals surface area (Å²) in [6.07, 6.45) is 30.0. The van der Waals surface area contributed by atoms with Gasteiger partial charge >= 0.3 is 0 Å². The van der Waals surface area contributed by atoms with Crippen LogP contribution in [0.15, 0.2) is 0 Å². The van der Waals surface area contributed by atoms with Gasteiger partial charge in [0.1, 0.15) is 0 Å². The molecule has 0 aliphatic carbocycles. The van der Waals surface area contributed by atoms with Gasteiger partial charge in [0.2, 0.25) is 0 Å². The van der Waals surface area contributed by atoms with E-state index in [1.165, 1.54) is 135 Å². The van der Waals surface area contributed by atoms with Crippen molar-refractivity contribution in [3.63, 3.8) is 0 Å². The fourth-order valence-corrected chi connectivity index (χ4v) is 4.25. The molecule has 0 spiro atoms. The molecule has 0 N–H and O–H groups in total. The van der Waals surface area contributed by atoms with Gasteiger partial charge in [-0.15, -0.1) is 0 Å². The van der Waals surface area contributed by atoms with E-state index in [-0.39, 0.29) is 0 Å². The number of hydrogen-bond donors (Lipinski definition) is 0. The predicted octanol–water partition coefficient (Wildman–Crippen LogP) is 10.0. The molecule has 0 amide bonds. The zero-order valence-electron chi connectivity index (χ0n) is 22.1. The molecule has 0 rings (SSSR count). The van der Waals surface area contributed by atoms with Crippen LogP contribution in [0.5, 0.6) is 0 Å². The van der Waals surface area contributed by atoms with Crippen molar-refractivity contribution in [2.75, 3.05) is 19.8 Å². The third-order valence-electron chi connectivity index (χ3n) is 6.46. The lowest BCUT2D eigenvalue weighted by molar-refractivity contribution is 0.0131. The van der Waals surface area contributed by atoms with Crippen LogP contribution in [-0.2, 0) is 9.47 Å². The van der Waals surface area contributed by atoms with E-state index >= 15 is 0 Å². The van der Waals surface area contributed by atoms with Gasteiger partial charge < -0.3 is 9.47 Å². The lowest BCUT2D eigenvalue weighted by Crippen LogP contribution is -2.17. The monoisotopic (exact) mass is 440 g/mol. The second kappa shape index (κ2) is 28.0. The van der Waals surface area contributed by atoms with Crippen molar-refractivity contribution in [2.45, 2.75) is 168 Å². The maximum atomic E-state index is 6.28. The summed E-state index contributed by atoms with van der Waals surface area (Å²) >= 11 is 0. The van der Waals surface area contributed by atoms with Crippen molar-refractivity contribution in [3.05, 3.63) is 0 Å². The largest absolute Gasteiger partial charge is 0.381 e. The van der Waals surface area contributed by atoms with Gasteiger partial charge in [-0.25, -0.2) is 0 Å². The first-order valence-electron chi connectivity index (χ1n) is 14.5. The third-order valence-corrected chi connectivity index (χ3v) is 6.46. The Morgan fingerprint density at radius 3 is 1.32 bits per heavy atom. The van der Waals surface area contributed by atoms with Crippen molar-refractivity contribution >= 4 is 0 Å². The standard InChI is InChI=1S/C29H60O2/c1-4-7-10-13-15-17-19-22-26-30-28-25-29(24-21-12-9-6-3)31-27-23-20-18-16-14-11-8-5-2/h29H,4-28H2,1-3H3. The van der Waals surface area contributed by atoms with Gasteiger partial charge in [-0.2, -0.15) is 0 Å². The van der Waals surface area contributed by atoms with E-state index in [2.05, 4.69) is 20.8 Å². The van der Waals surface area contributed by atoms with Crippen molar-refractivity contribution in [1.82, 2.24) is 0 Å². The molecule has 1 unspecified atom stereocenters. The van der Waals surface area contributed by atoms with Crippen molar-refractivity contribution in [2.24, 2.45) is 0 Å². The molecular formula is C29H60O2. The average molecular weight is 441 g/mol. The van der Waals surface area contributed by atoms with E-state index < -0.39 is 0 Å². The van der Waals surface area contributed by atoms with E-state index in [4.69, 9.17) is 9.47 Å². The van der Waals surface area contributed by atoms with Gasteiger partial charge in [0.25, 0.3) is 0 Å². The normalized spacial score (nSPS) is 12.5. The van der Waals surface area contributed by atoms with E-state index in [0.29, 0.717) is 6.10 Å². The van der Waals surface area contributed by atoms with Crippen molar-refractivity contribution in [1.29, 1.82) is 0 Å². The Bertz CT molecular complexity index is 305. The van der Waals surface area contributed by atoms with E-state index in [1.807, 2.05) is 0 Å². The molecule has 0 radical (unpaired) electrons. The molecule has 0 saturated heterocycles. The molecule has 1 atom stereocenters. The molecule has 31 heavy (non-hydrogen) atoms. The summed E-state index contributed by atoms with van der Waals surface area (Å²) in [6, 6.07) is 0. The fourth-order valence-electron chi connectivity index (χ4n) is 4.25. The molecular weight excluding hydrogens is 380 g/mol. The predicted molar refractivity (Wildman–Crippen MR) is 139 cm³/mol. The van der Waals surface area contributed by atoms with Gasteiger partial charge in [-0.05, 0) is 25.7 Å². The Balaban J connectivity index is 3.67. The Labute approximate surface area is 197 Å². The highest BCUT2D eigenvalue weighted by molar-refractivity contribution is 4.60. The van der Waals surface area contributed by atoms with Gasteiger partial charge in [0.15, 0.2) is 0 Å². The molecule has 2 heteroatoms. The van der Waals surface area contributed by atoms with Crippen LogP contribution in [0, 0.1) is 0 Å². The van der Waals surface area contributed by atoms with Crippen molar-refractivity contribution < 1.29 is 9.47 Å². The molecule has 0 saturated carbocycles. The summed E-state index contributed by atoms with van der Waals surface area (Å²) in [6.45, 7) is 9.63. The maximum absolute atomic E-state index is 6.28. The first kappa shape index (κ1) is 30.9. The molecule has 2 nitrogen and oxygen atoms in total. The van der Waals surface area contributed by atoms with Crippen LogP contribution in [-0.4, -0.2) is 25.9 Å². The third kappa shape index (κ3) is 26.1. The van der Waals surface area contributed by atoms with Crippen LogP contribution >= 0.6 is 0 Å². The van der Waals surface area contributed by atoms with Crippen LogP contribution in [0.3, 0.4) is 0 Å². The molecule has 188 valence electrons. The Morgan fingerprint density at radius 1 is 0.387 bits per heavy atom. The van der Waals surface area contributed by atoms with Crippen LogP contribution in [0.1, 0.15) is 162 Å². The summed E-state index contributed by atoms with van der Waals surface area (Å²) in [5.41, 5.74) is 0. The van der Waals surface area contributed by atoms with E-state index in [9.17, 15) is 0 Å². The average Bonchev–Trinajstić information content (AvgIpc) is 2.78. The molecule has 0 heterocycles. The summed E-state index contributed by atoms with van der Waals surface area (Å²) < 4.78 is 12.2. The first-order chi connectivity index (χ1) is 15.3. The summed E-state index contributed by atoms with van der Waals surface area (Å²) in [4.78, 5) is 0. The molecule has 0 aliphatic heterocycles. The minimum absolute atomic E-state index is 0.417. The summed E-state index contributed by atoms with van der Waals surface area (Å²) in [5.74, 6) is 0. The van der Waals surface area contributed by atoms with Crippen LogP contribution in [0.4, 0.5) is 0 Å². The minimum atomic E-state index is 0.417. The fraction of sp³-hybridized carbons (Fsp3) is 1.00. The highest BCUT2D eigenvalue weighted by Gasteiger charge is 2.09. The van der Waals surface area contributed by atoms with Gasteiger partial charge in [0.05, 0.1) is 6.10 Å². The van der Waals surface area contributed by atoms with Gasteiger partial charge in [0, 0.05) is 19.8 Å². The zero-order valence-corrected chi connectivity index (χ0v) is 22.1. The number of hydrogen-bond acceptors (Lipinski definition) is 2. The topological polar surface area (TPSA) is 18.5 Å². The number of unbranched alkanes of at least 4 members (excludes halogenated alkanes) is 17. The smallest absolute Gasteiger partial charge is 0.0597 e. The minimum Gasteiger partial charge on any atom is -0.381 e. The molecule has 0 aromatic heterocycles. The lowest BCUT2D eigenvalue weighted by atomic mass is 10.1. The molecule has 0 bridgehead atoms. The number of rotatable bonds is 27. The lowest BCUT2D eigenvalue weighted by Gasteiger charge is -2.18. The zero-order chi connectivity index (χ0) is 22.7. The van der Waals surface area contributed by atoms with Crippen molar-refractivity contribution in [3.8, 4) is 0 Å². The van der Waals surface area contributed by atoms with E-state index in [0.717, 1.165) is 26.2 Å². The first-order valence-corrected chi connectivity index (χ1v) is 14.5. The summed E-state index contributed by atoms with van der Waals surface area (Å²) in [7, 11) is 0. The van der Waals surface area contributed by atoms with Crippen LogP contribution in [0.2, 0.25) is 0 Å². The van der Waals surface area contributed by atoms with Gasteiger partial charge in [-0.1, -0.05) is 136 Å². The Hall–Kier alpha value is -0.0800. The van der Waals surface area contributed by atoms with Gasteiger partial charge in [-0.3, -0.25) is 0 Å². The Kier molecular flexibility index (Phi) is 27.9. The summed E-state index contributed by atoms with van der Waals surface area (Å²) in [5, 5.41) is 0. The number of ether oxygens (including phenoxy) is 2. The van der Waals surface area contributed by atoms with Crippen LogP contribution < -0.4 is 0 Å². The Morgan fingerprint density at radius 2 is 0.806 bits per heavy atom. The highest BCUT2D eigenvalue weighted by atomic mass is 16.5. The molecule has 0 aromatic rings. The van der Waals surface area contributed by atoms with E-state index in [1.54, 1.807) is 0 Å². The molecule has 0 aromatic carbocycles. The molecule has 0 aliphatic rings. The SMILES string of the molecule is CCCCCCCCCCOCCC(CCCCCC)OCCCCCCCCCC. The second-order valence-electron chi connectivity index (χ2n) is 9.69. The quantitative estimate of drug-likeness (QED) is 0.118. The molecule has 0 fully saturated rings. The maximum Gasteiger partial charge on any atom is 0.0597 e.